The number of amides is 1. The Morgan fingerprint density at radius 1 is 0.960 bits per heavy atom. The molecule has 0 heterocycles. The molecular weight excluding hydrogens is 358 g/mol. The lowest BCUT2D eigenvalue weighted by Gasteiger charge is -2.11. The topological polar surface area (TPSA) is 87.3 Å². The molecule has 0 fully saturated rings. The maximum absolute atomic E-state index is 12.5. The number of hydrogen-bond donors (Lipinski definition) is 3. The fraction of sp³-hybridized carbons (Fsp3) is 0.176. The summed E-state index contributed by atoms with van der Waals surface area (Å²) in [7, 11) is -3.69. The molecule has 0 spiro atoms. The molecule has 0 aliphatic rings. The van der Waals surface area contributed by atoms with Crippen LogP contribution >= 0.6 is 12.2 Å². The minimum atomic E-state index is -3.69. The Morgan fingerprint density at radius 2 is 1.52 bits per heavy atom. The minimum Gasteiger partial charge on any atom is -0.332 e. The van der Waals surface area contributed by atoms with Gasteiger partial charge in [-0.1, -0.05) is 6.07 Å². The van der Waals surface area contributed by atoms with E-state index in [1.807, 2.05) is 19.9 Å². The third kappa shape index (κ3) is 5.54. The van der Waals surface area contributed by atoms with Crippen LogP contribution in [-0.2, 0) is 14.8 Å². The van der Waals surface area contributed by atoms with Gasteiger partial charge >= 0.3 is 0 Å². The van der Waals surface area contributed by atoms with E-state index in [0.717, 1.165) is 11.1 Å². The predicted molar refractivity (Wildman–Crippen MR) is 103 cm³/mol. The number of anilines is 2. The molecule has 0 radical (unpaired) electrons. The first-order chi connectivity index (χ1) is 11.7. The number of carbonyl (C=O) groups is 1. The maximum Gasteiger partial charge on any atom is 0.261 e. The van der Waals surface area contributed by atoms with Crippen molar-refractivity contribution in [2.45, 2.75) is 25.7 Å². The molecule has 132 valence electrons. The number of sulfonamides is 1. The number of nitrogens with one attached hydrogen (secondary N) is 3. The van der Waals surface area contributed by atoms with Gasteiger partial charge in [0.1, 0.15) is 0 Å². The van der Waals surface area contributed by atoms with Gasteiger partial charge in [-0.2, -0.15) is 0 Å². The lowest BCUT2D eigenvalue weighted by Crippen LogP contribution is -2.32. The third-order valence-corrected chi connectivity index (χ3v) is 4.79. The molecule has 2 rings (SSSR count). The highest BCUT2D eigenvalue weighted by Crippen LogP contribution is 2.20. The number of benzene rings is 2. The maximum atomic E-state index is 12.5. The third-order valence-electron chi connectivity index (χ3n) is 3.19. The van der Waals surface area contributed by atoms with Crippen molar-refractivity contribution in [3.05, 3.63) is 53.6 Å². The van der Waals surface area contributed by atoms with Gasteiger partial charge in [-0.3, -0.25) is 9.52 Å². The zero-order valence-electron chi connectivity index (χ0n) is 14.1. The summed E-state index contributed by atoms with van der Waals surface area (Å²) in [5, 5.41) is 5.38. The largest absolute Gasteiger partial charge is 0.332 e. The fourth-order valence-electron chi connectivity index (χ4n) is 2.29. The molecule has 1 amide bonds. The molecule has 0 saturated heterocycles. The van der Waals surface area contributed by atoms with Gasteiger partial charge in [-0.25, -0.2) is 8.42 Å². The van der Waals surface area contributed by atoms with Gasteiger partial charge in [0.2, 0.25) is 5.91 Å². The van der Waals surface area contributed by atoms with Crippen molar-refractivity contribution in [1.82, 2.24) is 5.32 Å². The highest BCUT2D eigenvalue weighted by atomic mass is 32.2. The van der Waals surface area contributed by atoms with Gasteiger partial charge in [0, 0.05) is 18.3 Å². The predicted octanol–water partition coefficient (Wildman–Crippen LogP) is 2.94. The van der Waals surface area contributed by atoms with Crippen molar-refractivity contribution in [2.24, 2.45) is 0 Å². The van der Waals surface area contributed by atoms with Crippen LogP contribution in [0.25, 0.3) is 0 Å². The molecule has 6 nitrogen and oxygen atoms in total. The number of rotatable bonds is 4. The van der Waals surface area contributed by atoms with Crippen LogP contribution in [0.1, 0.15) is 18.1 Å². The van der Waals surface area contributed by atoms with E-state index in [1.165, 1.54) is 19.1 Å². The highest BCUT2D eigenvalue weighted by molar-refractivity contribution is 7.92. The van der Waals surface area contributed by atoms with Gasteiger partial charge in [0.05, 0.1) is 4.90 Å². The van der Waals surface area contributed by atoms with Crippen LogP contribution in [0.4, 0.5) is 11.4 Å². The van der Waals surface area contributed by atoms with E-state index >= 15 is 0 Å². The molecule has 2 aromatic rings. The standard InChI is InChI=1S/C17H19N3O3S2/c1-11-8-12(2)10-15(9-11)20-25(22,23)16-6-4-14(5-7-16)19-17(24)18-13(3)21/h4-10,20H,1-3H3,(H2,18,19,21,24). The number of hydrogen-bond acceptors (Lipinski definition) is 4. The molecule has 0 aromatic heterocycles. The van der Waals surface area contributed by atoms with E-state index < -0.39 is 10.0 Å². The SMILES string of the molecule is CC(=O)NC(=S)Nc1ccc(S(=O)(=O)Nc2cc(C)cc(C)c2)cc1. The molecule has 0 unspecified atom stereocenters. The average molecular weight is 377 g/mol. The Hall–Kier alpha value is -2.45. The van der Waals surface area contributed by atoms with Gasteiger partial charge in [-0.05, 0) is 73.6 Å². The monoisotopic (exact) mass is 377 g/mol. The quantitative estimate of drug-likeness (QED) is 0.713. The second-order valence-electron chi connectivity index (χ2n) is 5.64. The van der Waals surface area contributed by atoms with E-state index in [1.54, 1.807) is 24.3 Å². The molecule has 2 aromatic carbocycles. The second kappa shape index (κ2) is 7.62. The molecule has 25 heavy (non-hydrogen) atoms. The van der Waals surface area contributed by atoms with E-state index in [0.29, 0.717) is 11.4 Å². The molecule has 0 bridgehead atoms. The summed E-state index contributed by atoms with van der Waals surface area (Å²) in [6.45, 7) is 5.16. The first-order valence-electron chi connectivity index (χ1n) is 7.45. The Bertz CT molecular complexity index is 887. The van der Waals surface area contributed by atoms with E-state index in [-0.39, 0.29) is 15.9 Å². The van der Waals surface area contributed by atoms with E-state index in [9.17, 15) is 13.2 Å². The summed E-state index contributed by atoms with van der Waals surface area (Å²) in [4.78, 5) is 11.1. The summed E-state index contributed by atoms with van der Waals surface area (Å²) in [6.07, 6.45) is 0. The van der Waals surface area contributed by atoms with Crippen molar-refractivity contribution in [2.75, 3.05) is 10.0 Å². The van der Waals surface area contributed by atoms with Crippen LogP contribution in [0.2, 0.25) is 0 Å². The van der Waals surface area contributed by atoms with Crippen molar-refractivity contribution >= 4 is 44.6 Å². The van der Waals surface area contributed by atoms with Crippen LogP contribution in [0, 0.1) is 13.8 Å². The highest BCUT2D eigenvalue weighted by Gasteiger charge is 2.14. The van der Waals surface area contributed by atoms with Crippen LogP contribution in [-0.4, -0.2) is 19.4 Å². The van der Waals surface area contributed by atoms with Crippen LogP contribution in [0.15, 0.2) is 47.4 Å². The fourth-order valence-corrected chi connectivity index (χ4v) is 3.59. The van der Waals surface area contributed by atoms with E-state index in [4.69, 9.17) is 12.2 Å². The van der Waals surface area contributed by atoms with Crippen LogP contribution in [0.5, 0.6) is 0 Å². The zero-order chi connectivity index (χ0) is 18.6. The molecular formula is C17H19N3O3S2. The van der Waals surface area contributed by atoms with Crippen molar-refractivity contribution in [1.29, 1.82) is 0 Å². The van der Waals surface area contributed by atoms with Crippen molar-refractivity contribution in [3.63, 3.8) is 0 Å². The molecule has 8 heteroatoms. The first kappa shape index (κ1) is 18.9. The zero-order valence-corrected chi connectivity index (χ0v) is 15.7. The summed E-state index contributed by atoms with van der Waals surface area (Å²) in [6, 6.07) is 11.6. The Balaban J connectivity index is 2.14. The van der Waals surface area contributed by atoms with Gasteiger partial charge in [-0.15, -0.1) is 0 Å². The average Bonchev–Trinajstić information content (AvgIpc) is 2.45. The molecule has 0 atom stereocenters. The summed E-state index contributed by atoms with van der Waals surface area (Å²) in [5.74, 6) is -0.283. The summed E-state index contributed by atoms with van der Waals surface area (Å²) in [5.41, 5.74) is 3.04. The number of aryl methyl sites for hydroxylation is 2. The van der Waals surface area contributed by atoms with Gasteiger partial charge < -0.3 is 10.6 Å². The lowest BCUT2D eigenvalue weighted by molar-refractivity contribution is -0.117. The summed E-state index contributed by atoms with van der Waals surface area (Å²) < 4.78 is 27.5. The normalized spacial score (nSPS) is 10.8. The van der Waals surface area contributed by atoms with E-state index in [2.05, 4.69) is 15.4 Å². The molecule has 3 N–H and O–H groups in total. The Morgan fingerprint density at radius 3 is 2.04 bits per heavy atom. The Labute approximate surface area is 152 Å². The lowest BCUT2D eigenvalue weighted by atomic mass is 10.1. The van der Waals surface area contributed by atoms with Gasteiger partial charge in [0.15, 0.2) is 5.11 Å². The van der Waals surface area contributed by atoms with Crippen molar-refractivity contribution < 1.29 is 13.2 Å². The number of thiocarbonyl (C=S) groups is 1. The van der Waals surface area contributed by atoms with Crippen LogP contribution < -0.4 is 15.4 Å². The molecule has 0 saturated carbocycles. The minimum absolute atomic E-state index is 0.127. The smallest absolute Gasteiger partial charge is 0.261 e. The second-order valence-corrected chi connectivity index (χ2v) is 7.73. The van der Waals surface area contributed by atoms with Crippen molar-refractivity contribution in [3.8, 4) is 0 Å². The Kier molecular flexibility index (Phi) is 5.76. The number of carbonyl (C=O) groups excluding carboxylic acids is 1. The van der Waals surface area contributed by atoms with Gasteiger partial charge in [0.25, 0.3) is 10.0 Å². The first-order valence-corrected chi connectivity index (χ1v) is 9.34. The molecule has 0 aliphatic heterocycles. The van der Waals surface area contributed by atoms with Crippen LogP contribution in [0.3, 0.4) is 0 Å². The summed E-state index contributed by atoms with van der Waals surface area (Å²) >= 11 is 4.96. The molecule has 0 aliphatic carbocycles.